The van der Waals surface area contributed by atoms with Gasteiger partial charge in [-0.3, -0.25) is 6.42 Å². The molecule has 1 aromatic carbocycles. The largest absolute Gasteiger partial charge is 0.408 e. The molecule has 0 saturated carbocycles. The Morgan fingerprint density at radius 3 is 2.28 bits per heavy atom. The summed E-state index contributed by atoms with van der Waals surface area (Å²) >= 11 is 0. The number of aliphatic hydroxyl groups excluding tert-OH is 1. The van der Waals surface area contributed by atoms with Crippen LogP contribution < -0.4 is 0 Å². The summed E-state index contributed by atoms with van der Waals surface area (Å²) in [5.74, 6) is 0.543. The van der Waals surface area contributed by atoms with E-state index in [0.29, 0.717) is 12.3 Å². The normalized spacial score (nSPS) is 24.1. The smallest absolute Gasteiger partial charge is 0 e. The number of allylic oxidation sites excluding steroid dienone is 1. The maximum Gasteiger partial charge on any atom is 0 e. The van der Waals surface area contributed by atoms with Crippen molar-refractivity contribution in [1.29, 1.82) is 0 Å². The van der Waals surface area contributed by atoms with Crippen molar-refractivity contribution >= 4 is 0 Å². The molecule has 2 rings (SSSR count). The molecular formula is C15H18OReRf-2. The van der Waals surface area contributed by atoms with Crippen LogP contribution in [0.3, 0.4) is 0 Å². The van der Waals surface area contributed by atoms with Crippen molar-refractivity contribution in [3.8, 4) is 0 Å². The third-order valence-electron chi connectivity index (χ3n) is 2.97. The number of rotatable bonds is 0. The minimum absolute atomic E-state index is 0. The number of hydrogen-bond acceptors (Lipinski definition) is 1. The quantitative estimate of drug-likeness (QED) is 0.423. The minimum atomic E-state index is -0.376. The minimum Gasteiger partial charge on any atom is -0.408 e. The summed E-state index contributed by atoms with van der Waals surface area (Å²) in [6.45, 7) is 2.22. The van der Waals surface area contributed by atoms with Crippen molar-refractivity contribution < 1.29 is 25.5 Å². The van der Waals surface area contributed by atoms with Gasteiger partial charge < -0.3 is 23.7 Å². The Balaban J connectivity index is 0.00000144. The molecule has 1 aliphatic rings. The van der Waals surface area contributed by atoms with E-state index in [0.717, 1.165) is 6.42 Å². The van der Waals surface area contributed by atoms with E-state index in [-0.39, 0.29) is 26.5 Å². The van der Waals surface area contributed by atoms with Crippen molar-refractivity contribution in [3.63, 3.8) is 0 Å². The van der Waals surface area contributed by atoms with Crippen molar-refractivity contribution in [2.24, 2.45) is 5.92 Å². The van der Waals surface area contributed by atoms with E-state index in [1.165, 1.54) is 11.1 Å². The predicted molar refractivity (Wildman–Crippen MR) is 66.8 cm³/mol. The average Bonchev–Trinajstić information content (AvgIpc) is 2.27. The van der Waals surface area contributed by atoms with Crippen LogP contribution in [-0.2, 0) is 33.3 Å². The molecule has 0 spiro atoms. The van der Waals surface area contributed by atoms with Crippen LogP contribution in [0.5, 0.6) is 0 Å². The average molecular weight is 668 g/mol. The molecule has 0 aromatic heterocycles. The summed E-state index contributed by atoms with van der Waals surface area (Å²) in [5, 5.41) is 9.82. The molecule has 1 nitrogen and oxygen atoms in total. The van der Waals surface area contributed by atoms with Gasteiger partial charge in [-0.05, 0) is 30.1 Å². The van der Waals surface area contributed by atoms with Crippen molar-refractivity contribution in [2.45, 2.75) is 25.9 Å². The SMILES string of the molecule is CC1[CH-]/C=C\[CH-]C(O)Cc2ccccc2C1.[Re].[Rf]. The van der Waals surface area contributed by atoms with Crippen LogP contribution in [0.15, 0.2) is 36.4 Å². The molecule has 0 bridgehead atoms. The van der Waals surface area contributed by atoms with Crippen LogP contribution in [0.25, 0.3) is 0 Å². The second-order valence-corrected chi connectivity index (χ2v) is 4.49. The second-order valence-electron chi connectivity index (χ2n) is 4.49. The molecule has 0 fully saturated rings. The zero-order chi connectivity index (χ0) is 11.4. The molecule has 1 aliphatic carbocycles. The summed E-state index contributed by atoms with van der Waals surface area (Å²) in [6, 6.07) is 8.40. The molecule has 2 atom stereocenters. The van der Waals surface area contributed by atoms with E-state index in [9.17, 15) is 5.11 Å². The first kappa shape index (κ1) is 16.3. The molecule has 1 radical (unpaired) electrons. The summed E-state index contributed by atoms with van der Waals surface area (Å²) in [4.78, 5) is 0. The second kappa shape index (κ2) is 7.61. The van der Waals surface area contributed by atoms with E-state index in [1.807, 2.05) is 24.6 Å². The molecule has 18 heavy (non-hydrogen) atoms. The Hall–Kier alpha value is -1.68. The fraction of sp³-hybridized carbons (Fsp3) is 0.333. The van der Waals surface area contributed by atoms with Gasteiger partial charge >= 0.3 is 0 Å². The monoisotopic (exact) mass is 668 g/mol. The molecular weight excluding hydrogens is 649 g/mol. The zero-order valence-corrected chi connectivity index (χ0v) is 19.8. The van der Waals surface area contributed by atoms with Crippen molar-refractivity contribution in [2.75, 3.05) is 0 Å². The summed E-state index contributed by atoms with van der Waals surface area (Å²) in [5.41, 5.74) is 2.62. The van der Waals surface area contributed by atoms with Gasteiger partial charge in [-0.25, -0.2) is 0 Å². The van der Waals surface area contributed by atoms with Crippen LogP contribution in [0, 0.1) is 18.8 Å². The van der Waals surface area contributed by atoms with Crippen LogP contribution in [0.4, 0.5) is 0 Å². The molecule has 3 heteroatoms. The van der Waals surface area contributed by atoms with Gasteiger partial charge in [0.2, 0.25) is 0 Å². The Morgan fingerprint density at radius 1 is 1.06 bits per heavy atom. The van der Waals surface area contributed by atoms with Gasteiger partial charge in [-0.2, -0.15) is 0 Å². The standard InChI is InChI=1S/C15H18O.Re.Rf/c1-12-6-2-5-9-15(16)11-14-8-4-3-7-13(14)10-12;;/h2-9,12,15-16H,10-11H2,1H3;;/q-2;;/b5-2-;;. The molecule has 0 amide bonds. The molecule has 2 unspecified atom stereocenters. The molecule has 0 saturated heterocycles. The summed E-state index contributed by atoms with van der Waals surface area (Å²) in [7, 11) is 0. The molecule has 1 aromatic rings. The van der Waals surface area contributed by atoms with Crippen molar-refractivity contribution in [1.82, 2.24) is 0 Å². The number of benzene rings is 1. The van der Waals surface area contributed by atoms with Gasteiger partial charge in [0.15, 0.2) is 0 Å². The third-order valence-corrected chi connectivity index (χ3v) is 2.97. The third kappa shape index (κ3) is 4.30. The van der Waals surface area contributed by atoms with E-state index in [1.54, 1.807) is 0 Å². The first-order valence-electron chi connectivity index (χ1n) is 5.85. The Morgan fingerprint density at radius 2 is 1.61 bits per heavy atom. The molecule has 95 valence electrons. The van der Waals surface area contributed by atoms with Gasteiger partial charge in [0.25, 0.3) is 0 Å². The summed E-state index contributed by atoms with van der Waals surface area (Å²) in [6.07, 6.45) is 9.40. The van der Waals surface area contributed by atoms with Crippen LogP contribution in [0.1, 0.15) is 18.1 Å². The van der Waals surface area contributed by atoms with E-state index >= 15 is 0 Å². The van der Waals surface area contributed by atoms with Gasteiger partial charge in [-0.15, -0.1) is 5.92 Å². The van der Waals surface area contributed by atoms with Gasteiger partial charge in [0.1, 0.15) is 0 Å². The fourth-order valence-electron chi connectivity index (χ4n) is 2.11. The molecule has 0 aliphatic heterocycles. The van der Waals surface area contributed by atoms with Crippen LogP contribution in [0.2, 0.25) is 0 Å². The number of fused-ring (bicyclic) bond motifs is 1. The molecule has 1 N–H and O–H groups in total. The fourth-order valence-corrected chi connectivity index (χ4v) is 2.11. The Labute approximate surface area is 118 Å². The van der Waals surface area contributed by atoms with Gasteiger partial charge in [0, 0.05) is 20.4 Å². The first-order chi connectivity index (χ1) is 7.75. The van der Waals surface area contributed by atoms with Crippen LogP contribution >= 0.6 is 0 Å². The van der Waals surface area contributed by atoms with Gasteiger partial charge in [0.05, 0.1) is 0 Å². The predicted octanol–water partition coefficient (Wildman–Crippen LogP) is 2.74. The topological polar surface area (TPSA) is 20.2 Å². The Bertz CT molecular complexity index is 344. The zero-order valence-electron chi connectivity index (χ0n) is 10.7. The van der Waals surface area contributed by atoms with E-state index in [2.05, 4.69) is 31.5 Å². The van der Waals surface area contributed by atoms with Crippen molar-refractivity contribution in [3.05, 3.63) is 60.4 Å². The Kier molecular flexibility index (Phi) is 6.90. The van der Waals surface area contributed by atoms with E-state index in [4.69, 9.17) is 0 Å². The first-order valence-corrected chi connectivity index (χ1v) is 5.85. The number of hydrogen-bond donors (Lipinski definition) is 1. The maximum atomic E-state index is 9.82. The summed E-state index contributed by atoms with van der Waals surface area (Å²) < 4.78 is 0. The molecule has 0 heterocycles. The van der Waals surface area contributed by atoms with Gasteiger partial charge in [-0.1, -0.05) is 31.2 Å². The number of aliphatic hydroxyl groups is 1. The van der Waals surface area contributed by atoms with E-state index < -0.39 is 0 Å². The van der Waals surface area contributed by atoms with Crippen LogP contribution in [-0.4, -0.2) is 11.2 Å². The maximum absolute atomic E-state index is 9.82.